The first kappa shape index (κ1) is 15.9. The molecule has 0 saturated carbocycles. The van der Waals surface area contributed by atoms with Gasteiger partial charge < -0.3 is 10.0 Å². The number of aromatic amines is 1. The summed E-state index contributed by atoms with van der Waals surface area (Å²) < 4.78 is 26.8. The molecular weight excluding hydrogens is 296 g/mol. The summed E-state index contributed by atoms with van der Waals surface area (Å²) in [5.74, 6) is -1.18. The summed E-state index contributed by atoms with van der Waals surface area (Å²) in [4.78, 5) is 12.9. The molecule has 2 rings (SSSR count). The van der Waals surface area contributed by atoms with Crippen LogP contribution in [0.25, 0.3) is 0 Å². The Hall–Kier alpha value is -1.45. The third-order valence-corrected chi connectivity index (χ3v) is 5.89. The van der Waals surface area contributed by atoms with Crippen LogP contribution >= 0.6 is 0 Å². The SMILES string of the molecule is Cc1[nH]nc(C(=O)O)c1S(=O)(=O)N1CC(C)C(N(C)C)C1. The Bertz CT molecular complexity index is 652. The number of nitrogens with zero attached hydrogens (tertiary/aromatic N) is 3. The van der Waals surface area contributed by atoms with Crippen LogP contribution in [0.2, 0.25) is 0 Å². The average molecular weight is 316 g/mol. The number of hydrogen-bond acceptors (Lipinski definition) is 5. The van der Waals surface area contributed by atoms with Crippen molar-refractivity contribution in [1.82, 2.24) is 19.4 Å². The quantitative estimate of drug-likeness (QED) is 0.809. The summed E-state index contributed by atoms with van der Waals surface area (Å²) in [5.41, 5.74) is -0.207. The highest BCUT2D eigenvalue weighted by Crippen LogP contribution is 2.29. The van der Waals surface area contributed by atoms with E-state index >= 15 is 0 Å². The number of aromatic carboxylic acids is 1. The minimum absolute atomic E-state index is 0.111. The van der Waals surface area contributed by atoms with Gasteiger partial charge in [0.05, 0.1) is 5.69 Å². The monoisotopic (exact) mass is 316 g/mol. The third kappa shape index (κ3) is 2.68. The Morgan fingerprint density at radius 3 is 2.52 bits per heavy atom. The van der Waals surface area contributed by atoms with E-state index in [-0.39, 0.29) is 22.5 Å². The number of carbonyl (C=O) groups is 1. The van der Waals surface area contributed by atoms with E-state index in [2.05, 4.69) is 10.2 Å². The van der Waals surface area contributed by atoms with Crippen molar-refractivity contribution < 1.29 is 18.3 Å². The minimum Gasteiger partial charge on any atom is -0.476 e. The van der Waals surface area contributed by atoms with E-state index in [1.165, 1.54) is 11.2 Å². The Kier molecular flexibility index (Phi) is 4.09. The van der Waals surface area contributed by atoms with Crippen LogP contribution in [0.1, 0.15) is 23.1 Å². The van der Waals surface area contributed by atoms with E-state index in [0.29, 0.717) is 13.1 Å². The predicted octanol–water partition coefficient (Wildman–Crippen LogP) is -0.0131. The van der Waals surface area contributed by atoms with Gasteiger partial charge in [-0.2, -0.15) is 9.40 Å². The molecule has 1 aromatic heterocycles. The number of sulfonamides is 1. The molecule has 2 unspecified atom stereocenters. The van der Waals surface area contributed by atoms with Crippen LogP contribution in [-0.2, 0) is 10.0 Å². The van der Waals surface area contributed by atoms with Crippen molar-refractivity contribution >= 4 is 16.0 Å². The molecule has 1 aliphatic rings. The molecular formula is C12H20N4O4S. The summed E-state index contributed by atoms with van der Waals surface area (Å²) in [6, 6.07) is 0.111. The van der Waals surface area contributed by atoms with Gasteiger partial charge in [0, 0.05) is 19.1 Å². The van der Waals surface area contributed by atoms with E-state index in [1.54, 1.807) is 0 Å². The van der Waals surface area contributed by atoms with Gasteiger partial charge in [-0.1, -0.05) is 6.92 Å². The number of likely N-dealkylation sites (N-methyl/N-ethyl adjacent to an activating group) is 1. The van der Waals surface area contributed by atoms with E-state index in [9.17, 15) is 13.2 Å². The lowest BCUT2D eigenvalue weighted by Gasteiger charge is -2.22. The second kappa shape index (κ2) is 5.39. The predicted molar refractivity (Wildman–Crippen MR) is 75.7 cm³/mol. The maximum Gasteiger partial charge on any atom is 0.357 e. The lowest BCUT2D eigenvalue weighted by atomic mass is 10.1. The highest BCUT2D eigenvalue weighted by atomic mass is 32.2. The Morgan fingerprint density at radius 2 is 2.05 bits per heavy atom. The first-order valence-corrected chi connectivity index (χ1v) is 8.05. The number of hydrogen-bond donors (Lipinski definition) is 2. The Morgan fingerprint density at radius 1 is 1.43 bits per heavy atom. The molecule has 1 fully saturated rings. The number of carboxylic acid groups (broad SMARTS) is 1. The van der Waals surface area contributed by atoms with Crippen molar-refractivity contribution in [2.45, 2.75) is 24.8 Å². The van der Waals surface area contributed by atoms with Crippen molar-refractivity contribution in [1.29, 1.82) is 0 Å². The van der Waals surface area contributed by atoms with Crippen molar-refractivity contribution in [3.63, 3.8) is 0 Å². The molecule has 2 N–H and O–H groups in total. The van der Waals surface area contributed by atoms with Crippen molar-refractivity contribution in [3.8, 4) is 0 Å². The molecule has 1 aliphatic heterocycles. The van der Waals surface area contributed by atoms with Gasteiger partial charge in [0.1, 0.15) is 4.90 Å². The van der Waals surface area contributed by atoms with E-state index in [0.717, 1.165) is 0 Å². The van der Waals surface area contributed by atoms with Crippen LogP contribution in [0.5, 0.6) is 0 Å². The molecule has 0 amide bonds. The fourth-order valence-electron chi connectivity index (χ4n) is 2.78. The maximum atomic E-state index is 12.7. The topological polar surface area (TPSA) is 107 Å². The second-order valence-electron chi connectivity index (χ2n) is 5.66. The molecule has 2 heterocycles. The zero-order chi connectivity index (χ0) is 15.9. The zero-order valence-corrected chi connectivity index (χ0v) is 13.3. The number of aryl methyl sites for hydroxylation is 1. The first-order valence-electron chi connectivity index (χ1n) is 6.61. The van der Waals surface area contributed by atoms with E-state index in [1.807, 2.05) is 25.9 Å². The maximum absolute atomic E-state index is 12.7. The molecule has 21 heavy (non-hydrogen) atoms. The summed E-state index contributed by atoms with van der Waals surface area (Å²) in [7, 11) is -0.0573. The fourth-order valence-corrected chi connectivity index (χ4v) is 4.63. The molecule has 0 spiro atoms. The lowest BCUT2D eigenvalue weighted by Crippen LogP contribution is -2.36. The highest BCUT2D eigenvalue weighted by molar-refractivity contribution is 7.89. The van der Waals surface area contributed by atoms with Crippen molar-refractivity contribution in [2.75, 3.05) is 27.2 Å². The summed E-state index contributed by atoms with van der Waals surface area (Å²) in [6.45, 7) is 4.21. The Labute approximate surface area is 123 Å². The van der Waals surface area contributed by atoms with Gasteiger partial charge in [-0.15, -0.1) is 0 Å². The number of rotatable bonds is 4. The lowest BCUT2D eigenvalue weighted by molar-refractivity contribution is 0.0686. The molecule has 2 atom stereocenters. The van der Waals surface area contributed by atoms with E-state index < -0.39 is 21.7 Å². The molecule has 0 radical (unpaired) electrons. The van der Waals surface area contributed by atoms with Gasteiger partial charge in [0.2, 0.25) is 10.0 Å². The fraction of sp³-hybridized carbons (Fsp3) is 0.667. The smallest absolute Gasteiger partial charge is 0.357 e. The standard InChI is InChI=1S/C12H20N4O4S/c1-7-5-16(6-9(7)15(3)4)21(19,20)11-8(2)13-14-10(11)12(17)18/h7,9H,5-6H2,1-4H3,(H,13,14)(H,17,18). The number of nitrogens with one attached hydrogen (secondary N) is 1. The van der Waals surface area contributed by atoms with Crippen molar-refractivity contribution in [2.24, 2.45) is 5.92 Å². The van der Waals surface area contributed by atoms with Gasteiger partial charge in [0.25, 0.3) is 0 Å². The van der Waals surface area contributed by atoms with E-state index in [4.69, 9.17) is 5.11 Å². The summed E-state index contributed by atoms with van der Waals surface area (Å²) in [6.07, 6.45) is 0. The summed E-state index contributed by atoms with van der Waals surface area (Å²) in [5, 5.41) is 15.1. The minimum atomic E-state index is -3.87. The van der Waals surface area contributed by atoms with Gasteiger partial charge in [-0.3, -0.25) is 5.10 Å². The van der Waals surface area contributed by atoms with Gasteiger partial charge in [0.15, 0.2) is 5.69 Å². The molecule has 0 aliphatic carbocycles. The highest BCUT2D eigenvalue weighted by Gasteiger charge is 2.41. The molecule has 118 valence electrons. The normalized spacial score (nSPS) is 23.9. The van der Waals surface area contributed by atoms with Gasteiger partial charge >= 0.3 is 5.97 Å². The second-order valence-corrected chi connectivity index (χ2v) is 7.54. The molecule has 1 aromatic rings. The molecule has 0 bridgehead atoms. The third-order valence-electron chi connectivity index (χ3n) is 3.89. The zero-order valence-electron chi connectivity index (χ0n) is 12.5. The van der Waals surface area contributed by atoms with Crippen LogP contribution in [0.3, 0.4) is 0 Å². The van der Waals surface area contributed by atoms with Crippen LogP contribution in [0.15, 0.2) is 4.90 Å². The van der Waals surface area contributed by atoms with Crippen molar-refractivity contribution in [3.05, 3.63) is 11.4 Å². The largest absolute Gasteiger partial charge is 0.476 e. The van der Waals surface area contributed by atoms with Gasteiger partial charge in [-0.25, -0.2) is 13.2 Å². The van der Waals surface area contributed by atoms with Crippen LogP contribution in [-0.4, -0.2) is 72.1 Å². The number of carboxylic acids is 1. The first-order chi connectivity index (χ1) is 9.66. The molecule has 8 nitrogen and oxygen atoms in total. The molecule has 1 saturated heterocycles. The van der Waals surface area contributed by atoms with Crippen LogP contribution < -0.4 is 0 Å². The van der Waals surface area contributed by atoms with Crippen LogP contribution in [0, 0.1) is 12.8 Å². The molecule has 9 heteroatoms. The Balaban J connectivity index is 2.41. The molecule has 0 aromatic carbocycles. The average Bonchev–Trinajstić information content (AvgIpc) is 2.93. The number of H-pyrrole nitrogens is 1. The number of aromatic nitrogens is 2. The van der Waals surface area contributed by atoms with Gasteiger partial charge in [-0.05, 0) is 26.9 Å². The summed E-state index contributed by atoms with van der Waals surface area (Å²) >= 11 is 0. The van der Waals surface area contributed by atoms with Crippen LogP contribution in [0.4, 0.5) is 0 Å².